The molecule has 0 unspecified atom stereocenters. The first-order valence-corrected chi connectivity index (χ1v) is 8.96. The fourth-order valence-corrected chi connectivity index (χ4v) is 4.08. The zero-order valence-electron chi connectivity index (χ0n) is 12.3. The number of likely N-dealkylation sites (tertiary alicyclic amines) is 1. The van der Waals surface area contributed by atoms with Crippen LogP contribution in [0.1, 0.15) is 12.1 Å². The van der Waals surface area contributed by atoms with Crippen molar-refractivity contribution in [2.24, 2.45) is 5.41 Å². The Labute approximate surface area is 129 Å². The molecule has 1 amide bonds. The van der Waals surface area contributed by atoms with Gasteiger partial charge in [0.15, 0.2) is 0 Å². The predicted molar refractivity (Wildman–Crippen MR) is 77.9 cm³/mol. The van der Waals surface area contributed by atoms with Gasteiger partial charge in [0.05, 0.1) is 18.9 Å². The molecule has 0 aliphatic carbocycles. The van der Waals surface area contributed by atoms with E-state index in [1.165, 1.54) is 22.7 Å². The molecule has 0 atom stereocenters. The highest BCUT2D eigenvalue weighted by atomic mass is 32.2. The molecule has 2 saturated heterocycles. The first kappa shape index (κ1) is 15.4. The minimum absolute atomic E-state index is 0.0532. The van der Waals surface area contributed by atoms with Gasteiger partial charge in [-0.25, -0.2) is 17.1 Å². The molecule has 1 aromatic rings. The fourth-order valence-electron chi connectivity index (χ4n) is 3.15. The molecule has 6 nitrogen and oxygen atoms in total. The fraction of sp³-hybridized carbons (Fsp3) is 0.571. The highest BCUT2D eigenvalue weighted by Crippen LogP contribution is 2.40. The molecular formula is C14H18FN3O3S. The van der Waals surface area contributed by atoms with Crippen molar-refractivity contribution in [1.29, 1.82) is 0 Å². The number of rotatable bonds is 3. The van der Waals surface area contributed by atoms with Crippen LogP contribution in [0.15, 0.2) is 18.3 Å². The van der Waals surface area contributed by atoms with Gasteiger partial charge in [0.2, 0.25) is 15.9 Å². The van der Waals surface area contributed by atoms with Crippen molar-refractivity contribution in [3.63, 3.8) is 0 Å². The predicted octanol–water partition coefficient (Wildman–Crippen LogP) is 0.257. The second-order valence-electron chi connectivity index (χ2n) is 6.24. The van der Waals surface area contributed by atoms with Crippen LogP contribution in [-0.2, 0) is 21.2 Å². The average Bonchev–Trinajstić information content (AvgIpc) is 2.85. The summed E-state index contributed by atoms with van der Waals surface area (Å²) in [5.41, 5.74) is 0.450. The van der Waals surface area contributed by atoms with Crippen molar-refractivity contribution >= 4 is 15.9 Å². The quantitative estimate of drug-likeness (QED) is 0.798. The van der Waals surface area contributed by atoms with Gasteiger partial charge in [-0.1, -0.05) is 0 Å². The van der Waals surface area contributed by atoms with E-state index in [2.05, 4.69) is 4.98 Å². The monoisotopic (exact) mass is 327 g/mol. The molecule has 2 aliphatic heterocycles. The molecule has 2 fully saturated rings. The van der Waals surface area contributed by atoms with Crippen LogP contribution in [0.3, 0.4) is 0 Å². The lowest BCUT2D eigenvalue weighted by molar-refractivity contribution is -0.141. The Hall–Kier alpha value is -1.54. The number of amides is 1. The Kier molecular flexibility index (Phi) is 3.68. The lowest BCUT2D eigenvalue weighted by Gasteiger charge is -2.48. The Bertz CT molecular complexity index is 684. The Morgan fingerprint density at radius 2 is 2.09 bits per heavy atom. The lowest BCUT2D eigenvalue weighted by Crippen LogP contribution is -2.60. The second kappa shape index (κ2) is 5.27. The van der Waals surface area contributed by atoms with Crippen molar-refractivity contribution < 1.29 is 17.6 Å². The van der Waals surface area contributed by atoms with Gasteiger partial charge >= 0.3 is 0 Å². The Morgan fingerprint density at radius 3 is 2.64 bits per heavy atom. The normalized spacial score (nSPS) is 21.1. The zero-order chi connectivity index (χ0) is 16.0. The molecule has 0 aromatic carbocycles. The molecule has 0 radical (unpaired) electrons. The van der Waals surface area contributed by atoms with Gasteiger partial charge in [-0.15, -0.1) is 0 Å². The number of halogens is 1. The van der Waals surface area contributed by atoms with Crippen molar-refractivity contribution in [2.75, 3.05) is 32.4 Å². The van der Waals surface area contributed by atoms with Crippen LogP contribution in [0, 0.1) is 11.2 Å². The molecule has 3 rings (SSSR count). The van der Waals surface area contributed by atoms with Gasteiger partial charge in [0, 0.05) is 37.3 Å². The van der Waals surface area contributed by atoms with Crippen LogP contribution in [0.4, 0.5) is 4.39 Å². The summed E-state index contributed by atoms with van der Waals surface area (Å²) in [5.74, 6) is -0.478. The van der Waals surface area contributed by atoms with Crippen LogP contribution >= 0.6 is 0 Å². The van der Waals surface area contributed by atoms with Crippen LogP contribution in [0.2, 0.25) is 0 Å². The molecule has 8 heteroatoms. The summed E-state index contributed by atoms with van der Waals surface area (Å²) in [5, 5.41) is 0. The largest absolute Gasteiger partial charge is 0.341 e. The van der Waals surface area contributed by atoms with Crippen molar-refractivity contribution in [1.82, 2.24) is 14.2 Å². The highest BCUT2D eigenvalue weighted by Gasteiger charge is 2.50. The van der Waals surface area contributed by atoms with E-state index in [-0.39, 0.29) is 17.7 Å². The summed E-state index contributed by atoms with van der Waals surface area (Å²) < 4.78 is 37.4. The van der Waals surface area contributed by atoms with Gasteiger partial charge in [-0.3, -0.25) is 9.78 Å². The maximum absolute atomic E-state index is 12.8. The Balaban J connectivity index is 1.55. The maximum atomic E-state index is 12.8. The molecule has 0 saturated carbocycles. The third kappa shape index (κ3) is 2.98. The van der Waals surface area contributed by atoms with Crippen molar-refractivity contribution in [2.45, 2.75) is 12.8 Å². The van der Waals surface area contributed by atoms with Crippen molar-refractivity contribution in [3.05, 3.63) is 29.8 Å². The van der Waals surface area contributed by atoms with Gasteiger partial charge in [0.1, 0.15) is 5.82 Å². The van der Waals surface area contributed by atoms with Gasteiger partial charge in [-0.05, 0) is 18.6 Å². The molecule has 22 heavy (non-hydrogen) atoms. The SMILES string of the molecule is CS(=O)(=O)N1CCC2(CN(C(=O)Cc3ccc(F)cn3)C2)C1. The molecule has 2 aliphatic rings. The van der Waals surface area contributed by atoms with Crippen LogP contribution in [-0.4, -0.2) is 60.9 Å². The van der Waals surface area contributed by atoms with E-state index in [0.29, 0.717) is 31.9 Å². The van der Waals surface area contributed by atoms with Crippen LogP contribution in [0.25, 0.3) is 0 Å². The average molecular weight is 327 g/mol. The number of aromatic nitrogens is 1. The minimum Gasteiger partial charge on any atom is -0.341 e. The number of pyridine rings is 1. The molecule has 0 N–H and O–H groups in total. The molecule has 1 spiro atoms. The number of carbonyl (C=O) groups excluding carboxylic acids is 1. The smallest absolute Gasteiger partial charge is 0.228 e. The molecular weight excluding hydrogens is 309 g/mol. The molecule has 0 bridgehead atoms. The lowest BCUT2D eigenvalue weighted by atomic mass is 9.79. The molecule has 3 heterocycles. The zero-order valence-corrected chi connectivity index (χ0v) is 13.1. The van der Waals surface area contributed by atoms with E-state index >= 15 is 0 Å². The van der Waals surface area contributed by atoms with Crippen molar-refractivity contribution in [3.8, 4) is 0 Å². The number of carbonyl (C=O) groups is 1. The summed E-state index contributed by atoms with van der Waals surface area (Å²) in [6.45, 7) is 2.18. The second-order valence-corrected chi connectivity index (χ2v) is 8.22. The standard InChI is InChI=1S/C14H18FN3O3S/c1-22(20,21)18-5-4-14(10-18)8-17(9-14)13(19)6-12-3-2-11(15)7-16-12/h2-3,7H,4-6,8-10H2,1H3. The van der Waals surface area contributed by atoms with E-state index in [9.17, 15) is 17.6 Å². The van der Waals surface area contributed by atoms with Crippen LogP contribution < -0.4 is 0 Å². The van der Waals surface area contributed by atoms with Crippen LogP contribution in [0.5, 0.6) is 0 Å². The third-order valence-electron chi connectivity index (χ3n) is 4.40. The van der Waals surface area contributed by atoms with E-state index in [1.54, 1.807) is 4.90 Å². The number of sulfonamides is 1. The number of nitrogens with zero attached hydrogens (tertiary/aromatic N) is 3. The van der Waals surface area contributed by atoms with E-state index < -0.39 is 15.8 Å². The minimum atomic E-state index is -3.16. The first-order valence-electron chi connectivity index (χ1n) is 7.11. The van der Waals surface area contributed by atoms with Gasteiger partial charge in [0.25, 0.3) is 0 Å². The maximum Gasteiger partial charge on any atom is 0.228 e. The molecule has 1 aromatic heterocycles. The first-order chi connectivity index (χ1) is 10.3. The summed E-state index contributed by atoms with van der Waals surface area (Å²) in [6, 6.07) is 2.79. The summed E-state index contributed by atoms with van der Waals surface area (Å²) in [4.78, 5) is 17.8. The number of hydrogen-bond acceptors (Lipinski definition) is 4. The van der Waals surface area contributed by atoms with Gasteiger partial charge < -0.3 is 4.90 Å². The Morgan fingerprint density at radius 1 is 1.36 bits per heavy atom. The number of hydrogen-bond donors (Lipinski definition) is 0. The van der Waals surface area contributed by atoms with E-state index in [4.69, 9.17) is 0 Å². The highest BCUT2D eigenvalue weighted by molar-refractivity contribution is 7.88. The van der Waals surface area contributed by atoms with E-state index in [0.717, 1.165) is 12.6 Å². The van der Waals surface area contributed by atoms with E-state index in [1.807, 2.05) is 0 Å². The topological polar surface area (TPSA) is 70.6 Å². The third-order valence-corrected chi connectivity index (χ3v) is 5.65. The van der Waals surface area contributed by atoms with Gasteiger partial charge in [-0.2, -0.15) is 0 Å². The summed E-state index contributed by atoms with van der Waals surface area (Å²) in [7, 11) is -3.16. The summed E-state index contributed by atoms with van der Waals surface area (Å²) in [6.07, 6.45) is 3.25. The molecule has 120 valence electrons. The summed E-state index contributed by atoms with van der Waals surface area (Å²) >= 11 is 0.